The maximum atomic E-state index is 11.8. The molecule has 0 aliphatic carbocycles. The van der Waals surface area contributed by atoms with Crippen molar-refractivity contribution in [1.82, 2.24) is 9.97 Å². The Bertz CT molecular complexity index is 502. The normalized spacial score (nSPS) is 9.81. The van der Waals surface area contributed by atoms with Crippen LogP contribution in [-0.2, 0) is 0 Å². The maximum absolute atomic E-state index is 11.8. The van der Waals surface area contributed by atoms with Crippen molar-refractivity contribution in [3.63, 3.8) is 0 Å². The zero-order chi connectivity index (χ0) is 11.4. The van der Waals surface area contributed by atoms with Crippen molar-refractivity contribution in [3.8, 4) is 0 Å². The van der Waals surface area contributed by atoms with Crippen LogP contribution in [0.2, 0.25) is 0 Å². The van der Waals surface area contributed by atoms with Crippen molar-refractivity contribution >= 4 is 27.5 Å². The minimum absolute atomic E-state index is 0.192. The summed E-state index contributed by atoms with van der Waals surface area (Å²) < 4.78 is 0.754. The molecule has 0 spiro atoms. The Balaban J connectivity index is 2.19. The third-order valence-electron chi connectivity index (χ3n) is 1.94. The van der Waals surface area contributed by atoms with Crippen LogP contribution in [-0.4, -0.2) is 15.9 Å². The molecule has 0 saturated heterocycles. The molecule has 80 valence electrons. The molecule has 1 heterocycles. The van der Waals surface area contributed by atoms with Gasteiger partial charge in [-0.25, -0.2) is 9.97 Å². The number of anilines is 1. The van der Waals surface area contributed by atoms with E-state index in [1.54, 1.807) is 24.5 Å². The van der Waals surface area contributed by atoms with Crippen molar-refractivity contribution in [2.24, 2.45) is 0 Å². The second-order valence-electron chi connectivity index (χ2n) is 3.06. The Hall–Kier alpha value is -1.75. The predicted octanol–water partition coefficient (Wildman–Crippen LogP) is 2.49. The monoisotopic (exact) mass is 277 g/mol. The number of halogens is 1. The third kappa shape index (κ3) is 2.43. The Morgan fingerprint density at radius 2 is 1.88 bits per heavy atom. The van der Waals surface area contributed by atoms with Gasteiger partial charge in [0.15, 0.2) is 0 Å². The highest BCUT2D eigenvalue weighted by molar-refractivity contribution is 9.10. The molecule has 0 bridgehead atoms. The SMILES string of the molecule is O=C(Nc1cncnc1)c1ccccc1Br. The zero-order valence-corrected chi connectivity index (χ0v) is 9.81. The molecule has 1 N–H and O–H groups in total. The van der Waals surface area contributed by atoms with Crippen molar-refractivity contribution in [2.75, 3.05) is 5.32 Å². The Morgan fingerprint density at radius 3 is 2.56 bits per heavy atom. The fourth-order valence-corrected chi connectivity index (χ4v) is 1.67. The van der Waals surface area contributed by atoms with Gasteiger partial charge in [0.1, 0.15) is 6.33 Å². The van der Waals surface area contributed by atoms with E-state index in [9.17, 15) is 4.79 Å². The molecule has 16 heavy (non-hydrogen) atoms. The van der Waals surface area contributed by atoms with Crippen LogP contribution < -0.4 is 5.32 Å². The van der Waals surface area contributed by atoms with Gasteiger partial charge < -0.3 is 5.32 Å². The van der Waals surface area contributed by atoms with E-state index in [4.69, 9.17) is 0 Å². The van der Waals surface area contributed by atoms with E-state index in [2.05, 4.69) is 31.2 Å². The number of nitrogens with one attached hydrogen (secondary N) is 1. The van der Waals surface area contributed by atoms with Crippen LogP contribution in [0.25, 0.3) is 0 Å². The number of aromatic nitrogens is 2. The average Bonchev–Trinajstić information content (AvgIpc) is 2.31. The molecule has 1 aromatic heterocycles. The highest BCUT2D eigenvalue weighted by Gasteiger charge is 2.09. The molecular formula is C11H8BrN3O. The molecule has 0 radical (unpaired) electrons. The predicted molar refractivity (Wildman–Crippen MR) is 64.1 cm³/mol. The molecule has 4 nitrogen and oxygen atoms in total. The maximum Gasteiger partial charge on any atom is 0.256 e. The first kappa shape index (κ1) is 10.8. The van der Waals surface area contributed by atoms with E-state index in [-0.39, 0.29) is 5.91 Å². The number of hydrogen-bond donors (Lipinski definition) is 1. The van der Waals surface area contributed by atoms with Crippen LogP contribution in [0.1, 0.15) is 10.4 Å². The molecule has 2 aromatic rings. The molecule has 2 rings (SSSR count). The molecule has 0 atom stereocenters. The first-order valence-electron chi connectivity index (χ1n) is 4.58. The van der Waals surface area contributed by atoms with Crippen molar-refractivity contribution in [3.05, 3.63) is 53.0 Å². The molecule has 1 amide bonds. The molecule has 0 saturated carbocycles. The first-order valence-corrected chi connectivity index (χ1v) is 5.37. The number of amides is 1. The minimum Gasteiger partial charge on any atom is -0.319 e. The van der Waals surface area contributed by atoms with E-state index >= 15 is 0 Å². The third-order valence-corrected chi connectivity index (χ3v) is 2.63. The van der Waals surface area contributed by atoms with Gasteiger partial charge in [0.25, 0.3) is 5.91 Å². The molecule has 0 aliphatic heterocycles. The molecule has 0 aliphatic rings. The molecule has 0 unspecified atom stereocenters. The Kier molecular flexibility index (Phi) is 3.26. The van der Waals surface area contributed by atoms with Gasteiger partial charge in [-0.1, -0.05) is 12.1 Å². The molecule has 5 heteroatoms. The summed E-state index contributed by atoms with van der Waals surface area (Å²) in [7, 11) is 0. The number of carbonyl (C=O) groups excluding carboxylic acids is 1. The number of rotatable bonds is 2. The smallest absolute Gasteiger partial charge is 0.256 e. The Morgan fingerprint density at radius 1 is 1.19 bits per heavy atom. The van der Waals surface area contributed by atoms with E-state index in [1.807, 2.05) is 12.1 Å². The van der Waals surface area contributed by atoms with Crippen molar-refractivity contribution in [1.29, 1.82) is 0 Å². The van der Waals surface area contributed by atoms with Gasteiger partial charge in [-0.05, 0) is 28.1 Å². The van der Waals surface area contributed by atoms with Crippen LogP contribution in [0.3, 0.4) is 0 Å². The lowest BCUT2D eigenvalue weighted by atomic mass is 10.2. The summed E-state index contributed by atoms with van der Waals surface area (Å²) in [6.07, 6.45) is 4.50. The van der Waals surface area contributed by atoms with Crippen molar-refractivity contribution in [2.45, 2.75) is 0 Å². The molecular weight excluding hydrogens is 270 g/mol. The van der Waals surface area contributed by atoms with Gasteiger partial charge in [0.2, 0.25) is 0 Å². The van der Waals surface area contributed by atoms with Gasteiger partial charge in [-0.3, -0.25) is 4.79 Å². The highest BCUT2D eigenvalue weighted by Crippen LogP contribution is 2.17. The summed E-state index contributed by atoms with van der Waals surface area (Å²) >= 11 is 3.32. The van der Waals surface area contributed by atoms with Crippen LogP contribution in [0.5, 0.6) is 0 Å². The fourth-order valence-electron chi connectivity index (χ4n) is 1.21. The topological polar surface area (TPSA) is 54.9 Å². The second-order valence-corrected chi connectivity index (χ2v) is 3.92. The highest BCUT2D eigenvalue weighted by atomic mass is 79.9. The summed E-state index contributed by atoms with van der Waals surface area (Å²) in [5.41, 5.74) is 1.15. The second kappa shape index (κ2) is 4.85. The lowest BCUT2D eigenvalue weighted by molar-refractivity contribution is 0.102. The number of hydrogen-bond acceptors (Lipinski definition) is 3. The van der Waals surface area contributed by atoms with E-state index in [0.717, 1.165) is 4.47 Å². The van der Waals surface area contributed by atoms with Crippen LogP contribution in [0.4, 0.5) is 5.69 Å². The van der Waals surface area contributed by atoms with E-state index < -0.39 is 0 Å². The van der Waals surface area contributed by atoms with Gasteiger partial charge in [-0.15, -0.1) is 0 Å². The van der Waals surface area contributed by atoms with Crippen molar-refractivity contribution < 1.29 is 4.79 Å². The van der Waals surface area contributed by atoms with Crippen LogP contribution in [0.15, 0.2) is 47.5 Å². The summed E-state index contributed by atoms with van der Waals surface area (Å²) in [5, 5.41) is 2.71. The number of benzene rings is 1. The minimum atomic E-state index is -0.192. The largest absolute Gasteiger partial charge is 0.319 e. The van der Waals surface area contributed by atoms with Gasteiger partial charge in [-0.2, -0.15) is 0 Å². The summed E-state index contributed by atoms with van der Waals surface area (Å²) in [6, 6.07) is 7.22. The average molecular weight is 278 g/mol. The number of nitrogens with zero attached hydrogens (tertiary/aromatic N) is 2. The zero-order valence-electron chi connectivity index (χ0n) is 8.22. The van der Waals surface area contributed by atoms with Crippen LogP contribution >= 0.6 is 15.9 Å². The summed E-state index contributed by atoms with van der Waals surface area (Å²) in [4.78, 5) is 19.5. The van der Waals surface area contributed by atoms with Gasteiger partial charge in [0.05, 0.1) is 23.6 Å². The van der Waals surface area contributed by atoms with Gasteiger partial charge >= 0.3 is 0 Å². The van der Waals surface area contributed by atoms with Crippen LogP contribution in [0, 0.1) is 0 Å². The lowest BCUT2D eigenvalue weighted by Crippen LogP contribution is -2.12. The first-order chi connectivity index (χ1) is 7.77. The number of carbonyl (C=O) groups is 1. The summed E-state index contributed by atoms with van der Waals surface area (Å²) in [5.74, 6) is -0.192. The fraction of sp³-hybridized carbons (Fsp3) is 0. The molecule has 1 aromatic carbocycles. The van der Waals surface area contributed by atoms with E-state index in [1.165, 1.54) is 6.33 Å². The Labute approximate surface area is 101 Å². The standard InChI is InChI=1S/C11H8BrN3O/c12-10-4-2-1-3-9(10)11(16)15-8-5-13-7-14-6-8/h1-7H,(H,15,16). The quantitative estimate of drug-likeness (QED) is 0.918. The summed E-state index contributed by atoms with van der Waals surface area (Å²) in [6.45, 7) is 0. The lowest BCUT2D eigenvalue weighted by Gasteiger charge is -2.05. The molecule has 0 fully saturated rings. The van der Waals surface area contributed by atoms with E-state index in [0.29, 0.717) is 11.3 Å². The van der Waals surface area contributed by atoms with Gasteiger partial charge in [0, 0.05) is 4.47 Å².